The highest BCUT2D eigenvalue weighted by Crippen LogP contribution is 2.46. The van der Waals surface area contributed by atoms with Crippen molar-refractivity contribution in [3.63, 3.8) is 0 Å². The summed E-state index contributed by atoms with van der Waals surface area (Å²) in [4.78, 5) is 0. The Morgan fingerprint density at radius 2 is 1.71 bits per heavy atom. The van der Waals surface area contributed by atoms with Crippen LogP contribution in [0.3, 0.4) is 0 Å². The zero-order valence-electron chi connectivity index (χ0n) is 12.0. The number of rotatable bonds is 5. The molecule has 0 bridgehead atoms. The fourth-order valence-corrected chi connectivity index (χ4v) is 3.35. The van der Waals surface area contributed by atoms with E-state index in [4.69, 9.17) is 0 Å². The maximum atomic E-state index is 10.6. The molecule has 0 atom stereocenters. The lowest BCUT2D eigenvalue weighted by atomic mass is 9.65. The van der Waals surface area contributed by atoms with Gasteiger partial charge in [0, 0.05) is 0 Å². The molecule has 1 nitrogen and oxygen atoms in total. The molecule has 0 aromatic heterocycles. The molecule has 1 N–H and O–H groups in total. The van der Waals surface area contributed by atoms with Crippen molar-refractivity contribution >= 4 is 0 Å². The fraction of sp³-hybridized carbons (Fsp3) is 1.00. The third kappa shape index (κ3) is 3.47. The van der Waals surface area contributed by atoms with Gasteiger partial charge in [-0.05, 0) is 55.8 Å². The van der Waals surface area contributed by atoms with Crippen molar-refractivity contribution in [2.24, 2.45) is 17.3 Å². The van der Waals surface area contributed by atoms with Crippen LogP contribution >= 0.6 is 0 Å². The lowest BCUT2D eigenvalue weighted by Crippen LogP contribution is -2.38. The van der Waals surface area contributed by atoms with Gasteiger partial charge in [-0.2, -0.15) is 0 Å². The van der Waals surface area contributed by atoms with Gasteiger partial charge in [0.15, 0.2) is 0 Å². The van der Waals surface area contributed by atoms with Gasteiger partial charge < -0.3 is 5.11 Å². The largest absolute Gasteiger partial charge is 0.390 e. The molecule has 0 spiro atoms. The number of hydrogen-bond donors (Lipinski definition) is 1. The first-order chi connectivity index (χ1) is 7.95. The maximum Gasteiger partial charge on any atom is 0.0648 e. The Bertz CT molecular complexity index is 244. The summed E-state index contributed by atoms with van der Waals surface area (Å²) in [6.45, 7) is 7.09. The Kier molecular flexibility index (Phi) is 3.87. The maximum absolute atomic E-state index is 10.6. The summed E-state index contributed by atoms with van der Waals surface area (Å²) in [5.41, 5.74) is 0.167. The second-order valence-corrected chi connectivity index (χ2v) is 7.32. The predicted molar refractivity (Wildman–Crippen MR) is 72.9 cm³/mol. The van der Waals surface area contributed by atoms with E-state index >= 15 is 0 Å². The SMILES string of the molecule is CCC(C)(C)C1CCC(O)(CCC2CC2)CC1. The molecule has 0 radical (unpaired) electrons. The van der Waals surface area contributed by atoms with Crippen LogP contribution in [0.4, 0.5) is 0 Å². The normalized spacial score (nSPS) is 34.9. The summed E-state index contributed by atoms with van der Waals surface area (Å²) in [7, 11) is 0. The molecular formula is C16H30O. The molecule has 0 saturated heterocycles. The quantitative estimate of drug-likeness (QED) is 0.746. The molecule has 0 unspecified atom stereocenters. The first-order valence-electron chi connectivity index (χ1n) is 7.67. The van der Waals surface area contributed by atoms with Crippen LogP contribution in [-0.2, 0) is 0 Å². The molecule has 2 fully saturated rings. The highest BCUT2D eigenvalue weighted by molar-refractivity contribution is 4.91. The predicted octanol–water partition coefficient (Wildman–Crippen LogP) is 4.53. The van der Waals surface area contributed by atoms with Crippen molar-refractivity contribution in [3.8, 4) is 0 Å². The van der Waals surface area contributed by atoms with Crippen molar-refractivity contribution in [3.05, 3.63) is 0 Å². The van der Waals surface area contributed by atoms with Gasteiger partial charge in [-0.25, -0.2) is 0 Å². The molecule has 0 aromatic carbocycles. The van der Waals surface area contributed by atoms with E-state index in [2.05, 4.69) is 20.8 Å². The molecule has 0 aliphatic heterocycles. The van der Waals surface area contributed by atoms with E-state index in [1.807, 2.05) is 0 Å². The third-order valence-corrected chi connectivity index (χ3v) is 5.65. The minimum atomic E-state index is -0.303. The van der Waals surface area contributed by atoms with Crippen LogP contribution in [0.2, 0.25) is 0 Å². The molecule has 100 valence electrons. The number of aliphatic hydroxyl groups is 1. The second kappa shape index (κ2) is 4.91. The Morgan fingerprint density at radius 3 is 2.18 bits per heavy atom. The highest BCUT2D eigenvalue weighted by atomic mass is 16.3. The Hall–Kier alpha value is -0.0400. The second-order valence-electron chi connectivity index (χ2n) is 7.32. The average molecular weight is 238 g/mol. The van der Waals surface area contributed by atoms with Gasteiger partial charge in [0.1, 0.15) is 0 Å². The van der Waals surface area contributed by atoms with Crippen LogP contribution in [0, 0.1) is 17.3 Å². The molecule has 0 heterocycles. The minimum Gasteiger partial charge on any atom is -0.390 e. The standard InChI is InChI=1S/C16H30O/c1-4-15(2,3)14-8-11-16(17,12-9-14)10-7-13-5-6-13/h13-14,17H,4-12H2,1-3H3. The van der Waals surface area contributed by atoms with Crippen LogP contribution in [0.25, 0.3) is 0 Å². The molecule has 2 aliphatic rings. The molecule has 0 amide bonds. The summed E-state index contributed by atoms with van der Waals surface area (Å²) < 4.78 is 0. The number of hydrogen-bond acceptors (Lipinski definition) is 1. The minimum absolute atomic E-state index is 0.303. The summed E-state index contributed by atoms with van der Waals surface area (Å²) >= 11 is 0. The Labute approximate surface area is 107 Å². The molecule has 2 aliphatic carbocycles. The summed E-state index contributed by atoms with van der Waals surface area (Å²) in [6.07, 6.45) is 11.0. The van der Waals surface area contributed by atoms with Crippen molar-refractivity contribution in [2.75, 3.05) is 0 Å². The molecule has 2 saturated carbocycles. The highest BCUT2D eigenvalue weighted by Gasteiger charge is 2.38. The van der Waals surface area contributed by atoms with Crippen molar-refractivity contribution in [2.45, 2.75) is 84.2 Å². The fourth-order valence-electron chi connectivity index (χ4n) is 3.35. The van der Waals surface area contributed by atoms with Gasteiger partial charge in [-0.15, -0.1) is 0 Å². The lowest BCUT2D eigenvalue weighted by Gasteiger charge is -2.42. The lowest BCUT2D eigenvalue weighted by molar-refractivity contribution is -0.0362. The summed E-state index contributed by atoms with van der Waals surface area (Å²) in [5.74, 6) is 1.79. The van der Waals surface area contributed by atoms with Crippen LogP contribution in [-0.4, -0.2) is 10.7 Å². The molecule has 2 rings (SSSR count). The van der Waals surface area contributed by atoms with Gasteiger partial charge in [-0.3, -0.25) is 0 Å². The van der Waals surface area contributed by atoms with Gasteiger partial charge in [0.25, 0.3) is 0 Å². The van der Waals surface area contributed by atoms with E-state index in [0.717, 1.165) is 31.1 Å². The average Bonchev–Trinajstić information content (AvgIpc) is 3.11. The van der Waals surface area contributed by atoms with Crippen molar-refractivity contribution in [1.82, 2.24) is 0 Å². The zero-order chi connectivity index (χ0) is 12.5. The Balaban J connectivity index is 1.79. The van der Waals surface area contributed by atoms with Gasteiger partial charge in [0.2, 0.25) is 0 Å². The van der Waals surface area contributed by atoms with Gasteiger partial charge in [-0.1, -0.05) is 40.0 Å². The zero-order valence-corrected chi connectivity index (χ0v) is 12.0. The van der Waals surface area contributed by atoms with E-state index in [0.29, 0.717) is 5.41 Å². The van der Waals surface area contributed by atoms with Crippen LogP contribution in [0.5, 0.6) is 0 Å². The third-order valence-electron chi connectivity index (χ3n) is 5.65. The van der Waals surface area contributed by atoms with Crippen LogP contribution in [0.15, 0.2) is 0 Å². The van der Waals surface area contributed by atoms with Crippen LogP contribution in [0.1, 0.15) is 78.6 Å². The summed E-state index contributed by atoms with van der Waals surface area (Å²) in [5, 5.41) is 10.6. The topological polar surface area (TPSA) is 20.2 Å². The van der Waals surface area contributed by atoms with E-state index in [-0.39, 0.29) is 5.60 Å². The van der Waals surface area contributed by atoms with E-state index in [9.17, 15) is 5.11 Å². The molecular weight excluding hydrogens is 208 g/mol. The van der Waals surface area contributed by atoms with E-state index in [1.165, 1.54) is 38.5 Å². The molecule has 17 heavy (non-hydrogen) atoms. The Morgan fingerprint density at radius 1 is 1.12 bits per heavy atom. The van der Waals surface area contributed by atoms with Crippen LogP contribution < -0.4 is 0 Å². The van der Waals surface area contributed by atoms with Gasteiger partial charge in [0.05, 0.1) is 5.60 Å². The van der Waals surface area contributed by atoms with E-state index in [1.54, 1.807) is 0 Å². The smallest absolute Gasteiger partial charge is 0.0648 e. The van der Waals surface area contributed by atoms with Crippen molar-refractivity contribution < 1.29 is 5.11 Å². The first kappa shape index (κ1) is 13.4. The van der Waals surface area contributed by atoms with Crippen molar-refractivity contribution in [1.29, 1.82) is 0 Å². The first-order valence-corrected chi connectivity index (χ1v) is 7.67. The van der Waals surface area contributed by atoms with Gasteiger partial charge >= 0.3 is 0 Å². The molecule has 1 heteroatoms. The monoisotopic (exact) mass is 238 g/mol. The summed E-state index contributed by atoms with van der Waals surface area (Å²) in [6, 6.07) is 0. The van der Waals surface area contributed by atoms with E-state index < -0.39 is 0 Å². The molecule has 0 aromatic rings.